The lowest BCUT2D eigenvalue weighted by atomic mass is 10.2. The fraction of sp³-hybridized carbons (Fsp3) is 0.278. The molecular weight excluding hydrogens is 340 g/mol. The van der Waals surface area contributed by atoms with Gasteiger partial charge in [-0.3, -0.25) is 4.79 Å². The molecule has 0 spiro atoms. The van der Waals surface area contributed by atoms with Crippen molar-refractivity contribution in [3.8, 4) is 5.75 Å². The first kappa shape index (κ1) is 19.0. The van der Waals surface area contributed by atoms with Gasteiger partial charge in [0.15, 0.2) is 0 Å². The minimum absolute atomic E-state index is 0.175. The minimum atomic E-state index is -3.72. The first-order valence-electron chi connectivity index (χ1n) is 7.87. The van der Waals surface area contributed by atoms with Crippen molar-refractivity contribution < 1.29 is 17.9 Å². The number of amides is 1. The molecule has 0 radical (unpaired) electrons. The Kier molecular flexibility index (Phi) is 6.17. The number of nitrogens with zero attached hydrogens (tertiary/aromatic N) is 1. The van der Waals surface area contributed by atoms with Crippen molar-refractivity contribution in [1.82, 2.24) is 4.31 Å². The highest BCUT2D eigenvalue weighted by Crippen LogP contribution is 2.18. The van der Waals surface area contributed by atoms with Gasteiger partial charge in [-0.05, 0) is 31.2 Å². The smallest absolute Gasteiger partial charge is 0.243 e. The Bertz CT molecular complexity index is 832. The summed E-state index contributed by atoms with van der Waals surface area (Å²) in [5, 5.41) is 2.69. The molecule has 0 bridgehead atoms. The summed E-state index contributed by atoms with van der Waals surface area (Å²) in [5.74, 6) is 0.197. The van der Waals surface area contributed by atoms with E-state index < -0.39 is 15.9 Å². The molecule has 7 heteroatoms. The van der Waals surface area contributed by atoms with Crippen LogP contribution < -0.4 is 10.1 Å². The third kappa shape index (κ3) is 4.80. The number of anilines is 1. The molecule has 0 fully saturated rings. The molecular formula is C18H22N2O4S. The first-order chi connectivity index (χ1) is 11.9. The van der Waals surface area contributed by atoms with Crippen molar-refractivity contribution in [2.24, 2.45) is 0 Å². The Morgan fingerprint density at radius 1 is 1.16 bits per heavy atom. The summed E-state index contributed by atoms with van der Waals surface area (Å²) in [7, 11) is -2.18. The van der Waals surface area contributed by atoms with E-state index in [1.807, 2.05) is 6.92 Å². The van der Waals surface area contributed by atoms with Gasteiger partial charge in [0, 0.05) is 18.3 Å². The van der Waals surface area contributed by atoms with E-state index in [-0.39, 0.29) is 18.0 Å². The predicted molar refractivity (Wildman–Crippen MR) is 97.2 cm³/mol. The summed E-state index contributed by atoms with van der Waals surface area (Å²) in [4.78, 5) is 12.4. The molecule has 2 rings (SSSR count). The third-order valence-corrected chi connectivity index (χ3v) is 5.62. The van der Waals surface area contributed by atoms with Gasteiger partial charge in [-0.1, -0.05) is 30.7 Å². The largest absolute Gasteiger partial charge is 0.497 e. The third-order valence-electron chi connectivity index (χ3n) is 3.68. The monoisotopic (exact) mass is 362 g/mol. The Balaban J connectivity index is 2.12. The number of hydrogen-bond donors (Lipinski definition) is 1. The second-order valence-electron chi connectivity index (χ2n) is 5.52. The molecule has 1 amide bonds. The van der Waals surface area contributed by atoms with Crippen molar-refractivity contribution in [1.29, 1.82) is 0 Å². The Morgan fingerprint density at radius 2 is 1.84 bits per heavy atom. The van der Waals surface area contributed by atoms with Gasteiger partial charge >= 0.3 is 0 Å². The number of sulfonamides is 1. The lowest BCUT2D eigenvalue weighted by Crippen LogP contribution is -2.37. The van der Waals surface area contributed by atoms with E-state index in [1.54, 1.807) is 55.5 Å². The summed E-state index contributed by atoms with van der Waals surface area (Å²) in [5.41, 5.74) is 1.52. The molecule has 2 aromatic rings. The van der Waals surface area contributed by atoms with Gasteiger partial charge in [-0.15, -0.1) is 0 Å². The summed E-state index contributed by atoms with van der Waals surface area (Å²) < 4.78 is 31.6. The number of rotatable bonds is 7. The summed E-state index contributed by atoms with van der Waals surface area (Å²) in [6, 6.07) is 13.5. The van der Waals surface area contributed by atoms with Crippen molar-refractivity contribution in [3.05, 3.63) is 54.1 Å². The zero-order chi connectivity index (χ0) is 18.4. The van der Waals surface area contributed by atoms with E-state index in [2.05, 4.69) is 5.32 Å². The maximum absolute atomic E-state index is 12.7. The number of benzene rings is 2. The average Bonchev–Trinajstić information content (AvgIpc) is 2.60. The molecule has 6 nitrogen and oxygen atoms in total. The Morgan fingerprint density at radius 3 is 2.44 bits per heavy atom. The molecule has 1 N–H and O–H groups in total. The van der Waals surface area contributed by atoms with Crippen molar-refractivity contribution in [3.63, 3.8) is 0 Å². The second kappa shape index (κ2) is 8.13. The molecule has 25 heavy (non-hydrogen) atoms. The molecule has 0 unspecified atom stereocenters. The topological polar surface area (TPSA) is 75.7 Å². The second-order valence-corrected chi connectivity index (χ2v) is 7.46. The molecule has 0 atom stereocenters. The molecule has 0 aliphatic heterocycles. The standard InChI is InChI=1S/C18H22N2O4S/c1-4-20(25(22,23)17-10-8-14(2)9-11-17)13-18(21)19-15-6-5-7-16(12-15)24-3/h5-12H,4,13H2,1-3H3,(H,19,21). The SMILES string of the molecule is CCN(CC(=O)Nc1cccc(OC)c1)S(=O)(=O)c1ccc(C)cc1. The van der Waals surface area contributed by atoms with E-state index in [1.165, 1.54) is 7.11 Å². The van der Waals surface area contributed by atoms with Crippen LogP contribution in [-0.4, -0.2) is 38.8 Å². The summed E-state index contributed by atoms with van der Waals surface area (Å²) in [6.07, 6.45) is 0. The minimum Gasteiger partial charge on any atom is -0.497 e. The van der Waals surface area contributed by atoms with Crippen LogP contribution in [0, 0.1) is 6.92 Å². The maximum Gasteiger partial charge on any atom is 0.243 e. The molecule has 0 aromatic heterocycles. The Hall–Kier alpha value is -2.38. The fourth-order valence-corrected chi connectivity index (χ4v) is 3.69. The van der Waals surface area contributed by atoms with E-state index in [0.29, 0.717) is 11.4 Å². The first-order valence-corrected chi connectivity index (χ1v) is 9.31. The van der Waals surface area contributed by atoms with Crippen LogP contribution in [0.2, 0.25) is 0 Å². The zero-order valence-corrected chi connectivity index (χ0v) is 15.3. The molecule has 134 valence electrons. The highest BCUT2D eigenvalue weighted by atomic mass is 32.2. The quantitative estimate of drug-likeness (QED) is 0.822. The molecule has 2 aromatic carbocycles. The number of aryl methyl sites for hydroxylation is 1. The van der Waals surface area contributed by atoms with Gasteiger partial charge in [0.2, 0.25) is 15.9 Å². The number of ether oxygens (including phenoxy) is 1. The van der Waals surface area contributed by atoms with E-state index >= 15 is 0 Å². The van der Waals surface area contributed by atoms with E-state index in [9.17, 15) is 13.2 Å². The van der Waals surface area contributed by atoms with Crippen LogP contribution in [0.15, 0.2) is 53.4 Å². The van der Waals surface area contributed by atoms with Crippen LogP contribution in [0.4, 0.5) is 5.69 Å². The van der Waals surface area contributed by atoms with Gasteiger partial charge in [0.1, 0.15) is 5.75 Å². The normalized spacial score (nSPS) is 11.4. The lowest BCUT2D eigenvalue weighted by molar-refractivity contribution is -0.116. The van der Waals surface area contributed by atoms with Gasteiger partial charge in [0.25, 0.3) is 0 Å². The molecule has 0 heterocycles. The number of likely N-dealkylation sites (N-methyl/N-ethyl adjacent to an activating group) is 1. The molecule has 0 aliphatic rings. The predicted octanol–water partition coefficient (Wildman–Crippen LogP) is 2.65. The number of carbonyl (C=O) groups is 1. The number of hydrogen-bond acceptors (Lipinski definition) is 4. The van der Waals surface area contributed by atoms with Crippen molar-refractivity contribution in [2.45, 2.75) is 18.7 Å². The van der Waals surface area contributed by atoms with Crippen LogP contribution in [0.3, 0.4) is 0 Å². The fourth-order valence-electron chi connectivity index (χ4n) is 2.29. The average molecular weight is 362 g/mol. The van der Waals surface area contributed by atoms with Crippen LogP contribution in [0.5, 0.6) is 5.75 Å². The Labute approximate surface area is 148 Å². The van der Waals surface area contributed by atoms with Crippen LogP contribution in [0.25, 0.3) is 0 Å². The van der Waals surface area contributed by atoms with Gasteiger partial charge < -0.3 is 10.1 Å². The highest BCUT2D eigenvalue weighted by molar-refractivity contribution is 7.89. The maximum atomic E-state index is 12.7. The molecule has 0 saturated heterocycles. The zero-order valence-electron chi connectivity index (χ0n) is 14.5. The van der Waals surface area contributed by atoms with Gasteiger partial charge in [-0.25, -0.2) is 8.42 Å². The number of carbonyl (C=O) groups excluding carboxylic acids is 1. The lowest BCUT2D eigenvalue weighted by Gasteiger charge is -2.20. The van der Waals surface area contributed by atoms with E-state index in [0.717, 1.165) is 9.87 Å². The number of nitrogens with one attached hydrogen (secondary N) is 1. The van der Waals surface area contributed by atoms with Gasteiger partial charge in [-0.2, -0.15) is 4.31 Å². The van der Waals surface area contributed by atoms with Crippen LogP contribution in [0.1, 0.15) is 12.5 Å². The summed E-state index contributed by atoms with van der Waals surface area (Å²) >= 11 is 0. The van der Waals surface area contributed by atoms with Crippen molar-refractivity contribution in [2.75, 3.05) is 25.5 Å². The van der Waals surface area contributed by atoms with E-state index in [4.69, 9.17) is 4.74 Å². The molecule has 0 aliphatic carbocycles. The van der Waals surface area contributed by atoms with Crippen molar-refractivity contribution >= 4 is 21.6 Å². The highest BCUT2D eigenvalue weighted by Gasteiger charge is 2.25. The molecule has 0 saturated carbocycles. The van der Waals surface area contributed by atoms with Gasteiger partial charge in [0.05, 0.1) is 18.6 Å². The van der Waals surface area contributed by atoms with Crippen LogP contribution >= 0.6 is 0 Å². The van der Waals surface area contributed by atoms with Crippen LogP contribution in [-0.2, 0) is 14.8 Å². The summed E-state index contributed by atoms with van der Waals surface area (Å²) in [6.45, 7) is 3.52. The number of methoxy groups -OCH3 is 1.